The van der Waals surface area contributed by atoms with Crippen LogP contribution in [0, 0.1) is 5.82 Å². The number of aromatic nitrogens is 3. The Morgan fingerprint density at radius 3 is 2.78 bits per heavy atom. The molecular weight excluding hydrogens is 297 g/mol. The molecule has 1 fully saturated rings. The topological polar surface area (TPSA) is 41.6 Å². The molecule has 1 saturated carbocycles. The lowest BCUT2D eigenvalue weighted by atomic mass is 10.1. The number of rotatable bonds is 2. The fraction of sp³-hybridized carbons (Fsp3) is 0.385. The Balaban J connectivity index is 1.97. The second kappa shape index (κ2) is 4.80. The van der Waals surface area contributed by atoms with Crippen molar-refractivity contribution in [2.45, 2.75) is 31.6 Å². The Hall–Kier alpha value is -1.23. The summed E-state index contributed by atoms with van der Waals surface area (Å²) in [5.74, 6) is 1.47. The minimum absolute atomic E-state index is 0.304. The van der Waals surface area contributed by atoms with Gasteiger partial charge in [0.05, 0.1) is 5.56 Å². The van der Waals surface area contributed by atoms with E-state index in [1.54, 1.807) is 12.1 Å². The van der Waals surface area contributed by atoms with Gasteiger partial charge in [-0.25, -0.2) is 9.37 Å². The molecule has 1 aromatic heterocycles. The molecule has 2 aromatic rings. The number of halogens is 2. The van der Waals surface area contributed by atoms with Crippen molar-refractivity contribution >= 4 is 15.9 Å². The van der Waals surface area contributed by atoms with Gasteiger partial charge in [-0.1, -0.05) is 18.9 Å². The highest BCUT2D eigenvalue weighted by atomic mass is 79.9. The summed E-state index contributed by atoms with van der Waals surface area (Å²) in [6.07, 6.45) is 4.77. The van der Waals surface area contributed by atoms with Crippen LogP contribution in [0.2, 0.25) is 0 Å². The molecular formula is C13H13BrFN3. The molecule has 3 nitrogen and oxygen atoms in total. The van der Waals surface area contributed by atoms with Gasteiger partial charge in [0.25, 0.3) is 0 Å². The average Bonchev–Trinajstić information content (AvgIpc) is 2.99. The van der Waals surface area contributed by atoms with Crippen LogP contribution >= 0.6 is 15.9 Å². The van der Waals surface area contributed by atoms with Gasteiger partial charge in [0.15, 0.2) is 5.82 Å². The van der Waals surface area contributed by atoms with Gasteiger partial charge in [0.1, 0.15) is 11.6 Å². The number of benzene rings is 1. The summed E-state index contributed by atoms with van der Waals surface area (Å²) in [4.78, 5) is 4.45. The van der Waals surface area contributed by atoms with E-state index in [9.17, 15) is 4.39 Å². The molecule has 0 spiro atoms. The summed E-state index contributed by atoms with van der Waals surface area (Å²) < 4.78 is 14.5. The zero-order chi connectivity index (χ0) is 12.5. The zero-order valence-corrected chi connectivity index (χ0v) is 11.4. The molecule has 1 aliphatic rings. The number of hydrogen-bond acceptors (Lipinski definition) is 2. The number of hydrogen-bond donors (Lipinski definition) is 1. The third-order valence-corrected chi connectivity index (χ3v) is 4.09. The molecule has 1 N–H and O–H groups in total. The molecule has 94 valence electrons. The van der Waals surface area contributed by atoms with Crippen LogP contribution in [0.4, 0.5) is 4.39 Å². The van der Waals surface area contributed by atoms with Gasteiger partial charge in [0, 0.05) is 10.4 Å². The summed E-state index contributed by atoms with van der Waals surface area (Å²) in [7, 11) is 0. The fourth-order valence-corrected chi connectivity index (χ4v) is 3.00. The minimum Gasteiger partial charge on any atom is -0.262 e. The third-order valence-electron chi connectivity index (χ3n) is 3.43. The first-order valence-corrected chi connectivity index (χ1v) is 6.91. The van der Waals surface area contributed by atoms with Crippen LogP contribution in [0.1, 0.15) is 37.4 Å². The van der Waals surface area contributed by atoms with E-state index < -0.39 is 0 Å². The Morgan fingerprint density at radius 2 is 2.06 bits per heavy atom. The second-order valence-electron chi connectivity index (χ2n) is 4.62. The molecule has 5 heteroatoms. The van der Waals surface area contributed by atoms with Crippen LogP contribution in [0.15, 0.2) is 22.7 Å². The highest BCUT2D eigenvalue weighted by molar-refractivity contribution is 9.10. The second-order valence-corrected chi connectivity index (χ2v) is 5.48. The quantitative estimate of drug-likeness (QED) is 0.910. The van der Waals surface area contributed by atoms with Gasteiger partial charge < -0.3 is 0 Å². The molecule has 0 atom stereocenters. The van der Waals surface area contributed by atoms with E-state index in [4.69, 9.17) is 0 Å². The van der Waals surface area contributed by atoms with E-state index in [0.29, 0.717) is 21.8 Å². The van der Waals surface area contributed by atoms with Crippen molar-refractivity contribution in [3.8, 4) is 11.4 Å². The van der Waals surface area contributed by atoms with Crippen molar-refractivity contribution in [2.24, 2.45) is 0 Å². The van der Waals surface area contributed by atoms with Gasteiger partial charge in [0.2, 0.25) is 0 Å². The monoisotopic (exact) mass is 309 g/mol. The predicted octanol–water partition coefficient (Wildman–Crippen LogP) is 4.03. The van der Waals surface area contributed by atoms with Crippen LogP contribution in [-0.4, -0.2) is 15.2 Å². The molecule has 1 aromatic carbocycles. The molecule has 1 heterocycles. The molecule has 0 aliphatic heterocycles. The van der Waals surface area contributed by atoms with E-state index in [0.717, 1.165) is 18.7 Å². The first-order valence-electron chi connectivity index (χ1n) is 6.12. The van der Waals surface area contributed by atoms with Gasteiger partial charge in [-0.15, -0.1) is 0 Å². The normalized spacial score (nSPS) is 16.3. The Labute approximate surface area is 113 Å². The summed E-state index contributed by atoms with van der Waals surface area (Å²) in [5, 5.41) is 7.10. The number of aromatic amines is 1. The predicted molar refractivity (Wildman–Crippen MR) is 70.7 cm³/mol. The SMILES string of the molecule is Fc1cccc(Br)c1-c1n[nH]c(C2CCCC2)n1. The van der Waals surface area contributed by atoms with Crippen LogP contribution < -0.4 is 0 Å². The molecule has 18 heavy (non-hydrogen) atoms. The van der Waals surface area contributed by atoms with Crippen LogP contribution in [0.3, 0.4) is 0 Å². The number of nitrogens with one attached hydrogen (secondary N) is 1. The van der Waals surface area contributed by atoms with E-state index in [1.807, 2.05) is 0 Å². The maximum absolute atomic E-state index is 13.8. The lowest BCUT2D eigenvalue weighted by Gasteiger charge is -2.03. The smallest absolute Gasteiger partial charge is 0.185 e. The molecule has 0 radical (unpaired) electrons. The average molecular weight is 310 g/mol. The maximum Gasteiger partial charge on any atom is 0.185 e. The minimum atomic E-state index is -0.304. The van der Waals surface area contributed by atoms with Crippen molar-refractivity contribution in [3.63, 3.8) is 0 Å². The first-order chi connectivity index (χ1) is 8.75. The van der Waals surface area contributed by atoms with Crippen molar-refractivity contribution in [2.75, 3.05) is 0 Å². The van der Waals surface area contributed by atoms with Crippen molar-refractivity contribution < 1.29 is 4.39 Å². The summed E-state index contributed by atoms with van der Waals surface area (Å²) in [5.41, 5.74) is 0.429. The van der Waals surface area contributed by atoms with E-state index in [-0.39, 0.29) is 5.82 Å². The van der Waals surface area contributed by atoms with Crippen molar-refractivity contribution in [1.29, 1.82) is 0 Å². The molecule has 0 bridgehead atoms. The molecule has 0 saturated heterocycles. The number of nitrogens with zero attached hydrogens (tertiary/aromatic N) is 2. The zero-order valence-electron chi connectivity index (χ0n) is 9.79. The Bertz CT molecular complexity index is 541. The standard InChI is InChI=1S/C13H13BrFN3/c14-9-6-3-7-10(15)11(9)13-16-12(17-18-13)8-4-1-2-5-8/h3,6-8H,1-2,4-5H2,(H,16,17,18). The summed E-state index contributed by atoms with van der Waals surface area (Å²) in [6.45, 7) is 0. The molecule has 3 rings (SSSR count). The lowest BCUT2D eigenvalue weighted by molar-refractivity contribution is 0.629. The first kappa shape index (κ1) is 11.8. The van der Waals surface area contributed by atoms with Crippen molar-refractivity contribution in [1.82, 2.24) is 15.2 Å². The third kappa shape index (κ3) is 2.07. The fourth-order valence-electron chi connectivity index (χ4n) is 2.48. The summed E-state index contributed by atoms with van der Waals surface area (Å²) >= 11 is 3.34. The van der Waals surface area contributed by atoms with Crippen molar-refractivity contribution in [3.05, 3.63) is 34.3 Å². The van der Waals surface area contributed by atoms with Gasteiger partial charge in [-0.2, -0.15) is 5.10 Å². The van der Waals surface area contributed by atoms with Crippen LogP contribution in [0.25, 0.3) is 11.4 Å². The maximum atomic E-state index is 13.8. The molecule has 0 unspecified atom stereocenters. The molecule has 1 aliphatic carbocycles. The highest BCUT2D eigenvalue weighted by Crippen LogP contribution is 2.34. The summed E-state index contributed by atoms with van der Waals surface area (Å²) in [6, 6.07) is 4.88. The van der Waals surface area contributed by atoms with E-state index in [1.165, 1.54) is 18.9 Å². The Morgan fingerprint density at radius 1 is 1.28 bits per heavy atom. The number of H-pyrrole nitrogens is 1. The highest BCUT2D eigenvalue weighted by Gasteiger charge is 2.22. The van der Waals surface area contributed by atoms with Gasteiger partial charge in [-0.3, -0.25) is 5.10 Å². The van der Waals surface area contributed by atoms with Gasteiger partial charge in [-0.05, 0) is 40.9 Å². The van der Waals surface area contributed by atoms with Gasteiger partial charge >= 0.3 is 0 Å². The van der Waals surface area contributed by atoms with Crippen LogP contribution in [0.5, 0.6) is 0 Å². The van der Waals surface area contributed by atoms with E-state index >= 15 is 0 Å². The molecule has 0 amide bonds. The lowest BCUT2D eigenvalue weighted by Crippen LogP contribution is -1.95. The van der Waals surface area contributed by atoms with E-state index in [2.05, 4.69) is 31.1 Å². The van der Waals surface area contributed by atoms with Crippen LogP contribution in [-0.2, 0) is 0 Å². The largest absolute Gasteiger partial charge is 0.262 e. The Kier molecular flexibility index (Phi) is 3.16.